The highest BCUT2D eigenvalue weighted by atomic mass is 32.1. The highest BCUT2D eigenvalue weighted by molar-refractivity contribution is 7.11. The smallest absolute Gasteiger partial charge is 0.264 e. The molecule has 7 heteroatoms. The van der Waals surface area contributed by atoms with E-state index in [9.17, 15) is 9.59 Å². The topological polar surface area (TPSA) is 87.7 Å². The van der Waals surface area contributed by atoms with E-state index in [1.165, 1.54) is 0 Å². The van der Waals surface area contributed by atoms with Gasteiger partial charge in [0.05, 0.1) is 11.7 Å². The van der Waals surface area contributed by atoms with Gasteiger partial charge in [0, 0.05) is 16.5 Å². The van der Waals surface area contributed by atoms with Crippen LogP contribution in [0, 0.1) is 13.8 Å². The molecule has 1 amide bonds. The second-order valence-electron chi connectivity index (χ2n) is 6.87. The fourth-order valence-corrected chi connectivity index (χ4v) is 3.22. The fourth-order valence-electron chi connectivity index (χ4n) is 2.31. The van der Waals surface area contributed by atoms with Crippen molar-refractivity contribution in [3.8, 4) is 0 Å². The summed E-state index contributed by atoms with van der Waals surface area (Å²) >= 11 is 1.54. The minimum Gasteiger partial charge on any atom is -0.343 e. The molecule has 1 atom stereocenters. The maximum Gasteiger partial charge on any atom is 0.264 e. The Morgan fingerprint density at radius 3 is 2.50 bits per heavy atom. The Hall–Kier alpha value is -2.02. The van der Waals surface area contributed by atoms with Gasteiger partial charge in [-0.2, -0.15) is 0 Å². The number of H-pyrrole nitrogens is 1. The normalized spacial score (nSPS) is 12.9. The van der Waals surface area contributed by atoms with Crippen molar-refractivity contribution in [1.82, 2.24) is 20.3 Å². The molecule has 130 valence electrons. The zero-order valence-electron chi connectivity index (χ0n) is 15.0. The van der Waals surface area contributed by atoms with E-state index >= 15 is 0 Å². The van der Waals surface area contributed by atoms with Gasteiger partial charge in [-0.05, 0) is 20.3 Å². The second-order valence-corrected chi connectivity index (χ2v) is 8.13. The van der Waals surface area contributed by atoms with E-state index in [-0.39, 0.29) is 17.0 Å². The summed E-state index contributed by atoms with van der Waals surface area (Å²) in [4.78, 5) is 37.5. The molecule has 2 aromatic heterocycles. The van der Waals surface area contributed by atoms with Crippen molar-refractivity contribution in [2.75, 3.05) is 0 Å². The van der Waals surface area contributed by atoms with E-state index in [4.69, 9.17) is 0 Å². The monoisotopic (exact) mass is 348 g/mol. The minimum absolute atomic E-state index is 0.0646. The maximum absolute atomic E-state index is 12.6. The van der Waals surface area contributed by atoms with Crippen LogP contribution in [0.5, 0.6) is 0 Å². The van der Waals surface area contributed by atoms with Gasteiger partial charge in [-0.3, -0.25) is 9.59 Å². The number of nitrogens with one attached hydrogen (secondary N) is 2. The molecule has 0 saturated carbocycles. The van der Waals surface area contributed by atoms with Gasteiger partial charge in [-0.1, -0.05) is 27.7 Å². The summed E-state index contributed by atoms with van der Waals surface area (Å²) in [5.74, 6) is 0.158. The van der Waals surface area contributed by atoms with Crippen LogP contribution < -0.4 is 10.9 Å². The first-order valence-corrected chi connectivity index (χ1v) is 8.79. The van der Waals surface area contributed by atoms with Crippen molar-refractivity contribution < 1.29 is 4.79 Å². The average Bonchev–Trinajstić information content (AvgIpc) is 2.89. The zero-order valence-corrected chi connectivity index (χ0v) is 15.8. The quantitative estimate of drug-likeness (QED) is 0.889. The molecule has 24 heavy (non-hydrogen) atoms. The second kappa shape index (κ2) is 6.84. The molecule has 0 aliphatic heterocycles. The van der Waals surface area contributed by atoms with Crippen LogP contribution in [0.4, 0.5) is 0 Å². The average molecular weight is 348 g/mol. The van der Waals surface area contributed by atoms with Gasteiger partial charge in [0.2, 0.25) is 0 Å². The molecule has 0 spiro atoms. The number of aromatic nitrogens is 3. The Balaban J connectivity index is 2.31. The molecular formula is C17H24N4O2S. The van der Waals surface area contributed by atoms with Crippen molar-refractivity contribution in [2.45, 2.75) is 59.4 Å². The Morgan fingerprint density at radius 1 is 1.38 bits per heavy atom. The molecule has 2 heterocycles. The van der Waals surface area contributed by atoms with Crippen LogP contribution in [0.15, 0.2) is 11.0 Å². The number of nitrogens with zero attached hydrogens (tertiary/aromatic N) is 2. The predicted molar refractivity (Wildman–Crippen MR) is 95.6 cm³/mol. The molecule has 0 aromatic carbocycles. The third-order valence-corrected chi connectivity index (χ3v) is 4.72. The first-order chi connectivity index (χ1) is 11.1. The predicted octanol–water partition coefficient (Wildman–Crippen LogP) is 3.02. The molecule has 0 bridgehead atoms. The summed E-state index contributed by atoms with van der Waals surface area (Å²) in [5.41, 5.74) is -0.195. The summed E-state index contributed by atoms with van der Waals surface area (Å²) in [7, 11) is 0. The molecule has 0 aliphatic rings. The van der Waals surface area contributed by atoms with Gasteiger partial charge in [0.25, 0.3) is 11.5 Å². The van der Waals surface area contributed by atoms with Gasteiger partial charge in [0.1, 0.15) is 16.4 Å². The van der Waals surface area contributed by atoms with E-state index in [1.807, 2.05) is 34.6 Å². The molecule has 0 aliphatic carbocycles. The van der Waals surface area contributed by atoms with Crippen molar-refractivity contribution in [3.63, 3.8) is 0 Å². The van der Waals surface area contributed by atoms with Crippen molar-refractivity contribution in [2.24, 2.45) is 0 Å². The number of aromatic amines is 1. The number of hydrogen-bond donors (Lipinski definition) is 2. The van der Waals surface area contributed by atoms with Crippen LogP contribution in [0.1, 0.15) is 71.9 Å². The largest absolute Gasteiger partial charge is 0.343 e. The van der Waals surface area contributed by atoms with Crippen LogP contribution in [-0.4, -0.2) is 20.9 Å². The van der Waals surface area contributed by atoms with Crippen molar-refractivity contribution >= 4 is 17.2 Å². The van der Waals surface area contributed by atoms with Crippen LogP contribution in [0.25, 0.3) is 0 Å². The van der Waals surface area contributed by atoms with Gasteiger partial charge in [-0.15, -0.1) is 11.3 Å². The van der Waals surface area contributed by atoms with E-state index in [0.29, 0.717) is 17.9 Å². The lowest BCUT2D eigenvalue weighted by molar-refractivity contribution is 0.0932. The highest BCUT2D eigenvalue weighted by Gasteiger charge is 2.24. The van der Waals surface area contributed by atoms with Gasteiger partial charge in [0.15, 0.2) is 0 Å². The summed E-state index contributed by atoms with van der Waals surface area (Å²) in [6.07, 6.45) is 2.48. The molecule has 2 aromatic rings. The third kappa shape index (κ3) is 3.90. The molecule has 2 rings (SSSR count). The van der Waals surface area contributed by atoms with Crippen molar-refractivity contribution in [3.05, 3.63) is 43.5 Å². The van der Waals surface area contributed by atoms with Gasteiger partial charge < -0.3 is 10.3 Å². The number of amides is 1. The van der Waals surface area contributed by atoms with Crippen LogP contribution in [0.3, 0.4) is 0 Å². The van der Waals surface area contributed by atoms with E-state index in [1.54, 1.807) is 24.5 Å². The van der Waals surface area contributed by atoms with E-state index in [2.05, 4.69) is 20.3 Å². The molecule has 0 saturated heterocycles. The van der Waals surface area contributed by atoms with Gasteiger partial charge in [-0.25, -0.2) is 9.97 Å². The minimum atomic E-state index is -0.415. The number of carbonyl (C=O) groups is 1. The van der Waals surface area contributed by atoms with Crippen molar-refractivity contribution in [1.29, 1.82) is 0 Å². The molecule has 2 N–H and O–H groups in total. The summed E-state index contributed by atoms with van der Waals surface area (Å²) in [6.45, 7) is 11.5. The van der Waals surface area contributed by atoms with Crippen LogP contribution >= 0.6 is 11.3 Å². The Bertz CT molecular complexity index is 802. The Morgan fingerprint density at radius 2 is 2.04 bits per heavy atom. The highest BCUT2D eigenvalue weighted by Crippen LogP contribution is 2.22. The zero-order chi connectivity index (χ0) is 18.1. The molecule has 6 nitrogen and oxygen atoms in total. The summed E-state index contributed by atoms with van der Waals surface area (Å²) < 4.78 is 0. The number of thiazole rings is 1. The standard InChI is InChI=1S/C17H24N4O2S/c1-7-11(15-18-8-9(2)24-15)20-13(22)12-10(3)19-16(17(4,5)6)21-14(12)23/h8,11H,7H2,1-6H3,(H,20,22)(H,19,21,23)/t11-/m1/s1. The molecule has 0 unspecified atom stereocenters. The SMILES string of the molecule is CC[C@@H](NC(=O)c1c(C)nc(C(C)(C)C)[nH]c1=O)c1ncc(C)s1. The number of carbonyl (C=O) groups excluding carboxylic acids is 1. The van der Waals surface area contributed by atoms with Crippen LogP contribution in [-0.2, 0) is 5.41 Å². The maximum atomic E-state index is 12.6. The van der Waals surface area contributed by atoms with Gasteiger partial charge >= 0.3 is 0 Å². The van der Waals surface area contributed by atoms with Crippen LogP contribution in [0.2, 0.25) is 0 Å². The van der Waals surface area contributed by atoms with E-state index in [0.717, 1.165) is 9.88 Å². The molecule has 0 radical (unpaired) electrons. The first kappa shape index (κ1) is 18.3. The lowest BCUT2D eigenvalue weighted by Gasteiger charge is -2.19. The molecular weight excluding hydrogens is 324 g/mol. The lowest BCUT2D eigenvalue weighted by atomic mass is 9.95. The summed E-state index contributed by atoms with van der Waals surface area (Å²) in [6, 6.07) is -0.211. The fraction of sp³-hybridized carbons (Fsp3) is 0.529. The number of rotatable bonds is 4. The Kier molecular flexibility index (Phi) is 5.22. The first-order valence-electron chi connectivity index (χ1n) is 7.98. The number of hydrogen-bond acceptors (Lipinski definition) is 5. The van der Waals surface area contributed by atoms with E-state index < -0.39 is 11.5 Å². The molecule has 0 fully saturated rings. The lowest BCUT2D eigenvalue weighted by Crippen LogP contribution is -2.35. The Labute approximate surface area is 145 Å². The number of aryl methyl sites for hydroxylation is 2. The third-order valence-electron chi connectivity index (χ3n) is 3.69. The summed E-state index contributed by atoms with van der Waals surface area (Å²) in [5, 5.41) is 3.75.